The van der Waals surface area contributed by atoms with Crippen LogP contribution in [0.25, 0.3) is 0 Å². The minimum Gasteiger partial charge on any atom is -0.480 e. The van der Waals surface area contributed by atoms with Crippen molar-refractivity contribution in [3.63, 3.8) is 0 Å². The molecule has 1 aliphatic rings. The minimum atomic E-state index is -0.929. The molecule has 0 saturated carbocycles. The maximum Gasteiger partial charge on any atom is 0.327 e. The Bertz CT molecular complexity index is 297. The summed E-state index contributed by atoms with van der Waals surface area (Å²) >= 11 is 1.48. The molecule has 6 heteroatoms. The van der Waals surface area contributed by atoms with Gasteiger partial charge in [0.1, 0.15) is 6.04 Å². The molecule has 1 heterocycles. The lowest BCUT2D eigenvalue weighted by atomic mass is 9.81. The van der Waals surface area contributed by atoms with Crippen LogP contribution in [0.2, 0.25) is 0 Å². The molecule has 0 aliphatic carbocycles. The van der Waals surface area contributed by atoms with Crippen LogP contribution in [0.5, 0.6) is 0 Å². The quantitative estimate of drug-likeness (QED) is 0.761. The Morgan fingerprint density at radius 3 is 2.47 bits per heavy atom. The van der Waals surface area contributed by atoms with E-state index in [0.29, 0.717) is 24.5 Å². The minimum absolute atomic E-state index is 0.109. The highest BCUT2D eigenvalue weighted by molar-refractivity contribution is 7.99. The van der Waals surface area contributed by atoms with Gasteiger partial charge < -0.3 is 15.7 Å². The predicted molar refractivity (Wildman–Crippen MR) is 67.7 cm³/mol. The highest BCUT2D eigenvalue weighted by Gasteiger charge is 2.43. The molecule has 5 nitrogen and oxygen atoms in total. The third-order valence-electron chi connectivity index (χ3n) is 3.63. The van der Waals surface area contributed by atoms with E-state index >= 15 is 0 Å². The van der Waals surface area contributed by atoms with Crippen LogP contribution in [0.3, 0.4) is 0 Å². The van der Waals surface area contributed by atoms with Gasteiger partial charge in [0.25, 0.3) is 0 Å². The van der Waals surface area contributed by atoms with Crippen molar-refractivity contribution >= 4 is 23.6 Å². The molecule has 1 saturated heterocycles. The second-order valence-electron chi connectivity index (χ2n) is 4.32. The molecule has 98 valence electrons. The van der Waals surface area contributed by atoms with Crippen molar-refractivity contribution in [2.75, 3.05) is 18.2 Å². The van der Waals surface area contributed by atoms with E-state index in [1.165, 1.54) is 16.7 Å². The van der Waals surface area contributed by atoms with Crippen LogP contribution in [0.1, 0.15) is 26.7 Å². The number of hydrogen-bond acceptors (Lipinski definition) is 4. The zero-order valence-corrected chi connectivity index (χ0v) is 11.1. The van der Waals surface area contributed by atoms with Gasteiger partial charge >= 0.3 is 5.97 Å². The summed E-state index contributed by atoms with van der Waals surface area (Å²) in [6.45, 7) is 4.12. The van der Waals surface area contributed by atoms with Gasteiger partial charge in [0.15, 0.2) is 0 Å². The van der Waals surface area contributed by atoms with Gasteiger partial charge in [-0.3, -0.25) is 4.79 Å². The summed E-state index contributed by atoms with van der Waals surface area (Å²) < 4.78 is 0. The number of hydrogen-bond donors (Lipinski definition) is 2. The zero-order chi connectivity index (χ0) is 13.1. The van der Waals surface area contributed by atoms with Crippen LogP contribution in [0, 0.1) is 5.41 Å². The molecule has 0 aromatic rings. The standard InChI is InChI=1S/C11H20N2O3S/c1-3-11(4-2,6-12)10(16)13-7-17-5-8(13)9(14)15/h8H,3-7,12H2,1-2H3,(H,14,15). The number of amides is 1. The number of nitrogens with two attached hydrogens (primary N) is 1. The molecule has 1 amide bonds. The van der Waals surface area contributed by atoms with E-state index in [9.17, 15) is 9.59 Å². The van der Waals surface area contributed by atoms with Gasteiger partial charge in [0.2, 0.25) is 5.91 Å². The average molecular weight is 260 g/mol. The summed E-state index contributed by atoms with van der Waals surface area (Å²) in [5.74, 6) is -0.115. The molecule has 0 aromatic carbocycles. The van der Waals surface area contributed by atoms with Crippen molar-refractivity contribution in [1.82, 2.24) is 4.90 Å². The van der Waals surface area contributed by atoms with Crippen LogP contribution in [-0.4, -0.2) is 46.1 Å². The molecule has 1 rings (SSSR count). The molecular weight excluding hydrogens is 240 g/mol. The predicted octanol–water partition coefficient (Wildman–Crippen LogP) is 0.738. The van der Waals surface area contributed by atoms with Crippen molar-refractivity contribution in [3.8, 4) is 0 Å². The molecular formula is C11H20N2O3S. The largest absolute Gasteiger partial charge is 0.480 e. The number of carbonyl (C=O) groups is 2. The normalized spacial score (nSPS) is 20.6. The van der Waals surface area contributed by atoms with Gasteiger partial charge in [-0.2, -0.15) is 0 Å². The van der Waals surface area contributed by atoms with Crippen molar-refractivity contribution in [3.05, 3.63) is 0 Å². The summed E-state index contributed by atoms with van der Waals surface area (Å²) in [6.07, 6.45) is 1.29. The highest BCUT2D eigenvalue weighted by Crippen LogP contribution is 2.32. The van der Waals surface area contributed by atoms with Gasteiger partial charge in [-0.1, -0.05) is 13.8 Å². The number of nitrogens with zero attached hydrogens (tertiary/aromatic N) is 1. The monoisotopic (exact) mass is 260 g/mol. The van der Waals surface area contributed by atoms with Crippen LogP contribution >= 0.6 is 11.8 Å². The molecule has 1 atom stereocenters. The third-order valence-corrected chi connectivity index (χ3v) is 4.64. The van der Waals surface area contributed by atoms with Crippen molar-refractivity contribution in [1.29, 1.82) is 0 Å². The zero-order valence-electron chi connectivity index (χ0n) is 10.3. The Hall–Kier alpha value is -0.750. The first-order chi connectivity index (χ1) is 8.02. The van der Waals surface area contributed by atoms with Gasteiger partial charge in [0.05, 0.1) is 11.3 Å². The topological polar surface area (TPSA) is 83.6 Å². The van der Waals surface area contributed by atoms with E-state index in [1.54, 1.807) is 0 Å². The van der Waals surface area contributed by atoms with Crippen molar-refractivity contribution in [2.24, 2.45) is 11.1 Å². The molecule has 1 aliphatic heterocycles. The molecule has 3 N–H and O–H groups in total. The van der Waals surface area contributed by atoms with Crippen LogP contribution in [0.4, 0.5) is 0 Å². The summed E-state index contributed by atoms with van der Waals surface area (Å²) in [5, 5.41) is 9.08. The van der Waals surface area contributed by atoms with Gasteiger partial charge in [-0.05, 0) is 12.8 Å². The first-order valence-corrected chi connectivity index (χ1v) is 6.99. The maximum absolute atomic E-state index is 12.4. The van der Waals surface area contributed by atoms with Gasteiger partial charge in [0, 0.05) is 12.3 Å². The molecule has 0 radical (unpaired) electrons. The summed E-state index contributed by atoms with van der Waals surface area (Å²) in [5.41, 5.74) is 5.12. The second-order valence-corrected chi connectivity index (χ2v) is 5.32. The average Bonchev–Trinajstić information content (AvgIpc) is 2.80. The van der Waals surface area contributed by atoms with Crippen molar-refractivity contribution < 1.29 is 14.7 Å². The number of thioether (sulfide) groups is 1. The summed E-state index contributed by atoms with van der Waals surface area (Å²) in [4.78, 5) is 25.0. The van der Waals surface area contributed by atoms with E-state index < -0.39 is 17.4 Å². The fourth-order valence-electron chi connectivity index (χ4n) is 2.08. The van der Waals surface area contributed by atoms with E-state index in [0.717, 1.165) is 0 Å². The number of carbonyl (C=O) groups excluding carboxylic acids is 1. The maximum atomic E-state index is 12.4. The Morgan fingerprint density at radius 1 is 1.47 bits per heavy atom. The van der Waals surface area contributed by atoms with Crippen LogP contribution in [0.15, 0.2) is 0 Å². The summed E-state index contributed by atoms with van der Waals surface area (Å²) in [7, 11) is 0. The molecule has 0 bridgehead atoms. The molecule has 17 heavy (non-hydrogen) atoms. The molecule has 0 aromatic heterocycles. The van der Waals surface area contributed by atoms with E-state index in [-0.39, 0.29) is 12.5 Å². The first-order valence-electron chi connectivity index (χ1n) is 5.84. The van der Waals surface area contributed by atoms with Crippen LogP contribution in [-0.2, 0) is 9.59 Å². The van der Waals surface area contributed by atoms with Gasteiger partial charge in [-0.25, -0.2) is 4.79 Å². The second kappa shape index (κ2) is 5.73. The molecule has 1 unspecified atom stereocenters. The van der Waals surface area contributed by atoms with Crippen molar-refractivity contribution in [2.45, 2.75) is 32.7 Å². The van der Waals surface area contributed by atoms with Gasteiger partial charge in [-0.15, -0.1) is 11.8 Å². The Morgan fingerprint density at radius 2 is 2.06 bits per heavy atom. The number of carboxylic acids is 1. The van der Waals surface area contributed by atoms with E-state index in [2.05, 4.69) is 0 Å². The molecule has 0 spiro atoms. The fourth-order valence-corrected chi connectivity index (χ4v) is 3.23. The van der Waals surface area contributed by atoms with E-state index in [4.69, 9.17) is 10.8 Å². The Balaban J connectivity index is 2.91. The fraction of sp³-hybridized carbons (Fsp3) is 0.818. The lowest BCUT2D eigenvalue weighted by molar-refractivity contribution is -0.152. The number of aliphatic carboxylic acids is 1. The van der Waals surface area contributed by atoms with E-state index in [1.807, 2.05) is 13.8 Å². The lowest BCUT2D eigenvalue weighted by Crippen LogP contribution is -2.51. The SMILES string of the molecule is CCC(CC)(CN)C(=O)N1CSCC1C(=O)O. The summed E-state index contributed by atoms with van der Waals surface area (Å²) in [6, 6.07) is -0.698. The highest BCUT2D eigenvalue weighted by atomic mass is 32.2. The third kappa shape index (κ3) is 2.57. The van der Waals surface area contributed by atoms with Crippen LogP contribution < -0.4 is 5.73 Å². The first kappa shape index (κ1) is 14.3. The number of carboxylic acid groups (broad SMARTS) is 1. The Labute approximate surface area is 106 Å². The lowest BCUT2D eigenvalue weighted by Gasteiger charge is -2.34. The smallest absolute Gasteiger partial charge is 0.327 e. The Kier molecular flexibility index (Phi) is 4.82. The molecule has 1 fully saturated rings. The number of rotatable bonds is 5.